The smallest absolute Gasteiger partial charge is 0.396 e. The lowest BCUT2D eigenvalue weighted by atomic mass is 10.1. The molecule has 5 aromatic rings. The average molecular weight is 833 g/mol. The fourth-order valence-electron chi connectivity index (χ4n) is 4.80. The van der Waals surface area contributed by atoms with Gasteiger partial charge in [0.05, 0.1) is 56.3 Å². The van der Waals surface area contributed by atoms with Gasteiger partial charge in [0.25, 0.3) is 20.2 Å². The van der Waals surface area contributed by atoms with E-state index in [0.717, 1.165) is 23.8 Å². The number of hydrogen-bond acceptors (Lipinski definition) is 17. The molecule has 0 saturated carbocycles. The molecule has 0 aromatic heterocycles. The summed E-state index contributed by atoms with van der Waals surface area (Å²) >= 11 is 0. The molecular weight excluding hydrogens is 805 g/mol. The molecule has 0 saturated heterocycles. The van der Waals surface area contributed by atoms with Gasteiger partial charge in [0, 0.05) is 10.8 Å². The Balaban J connectivity index is 1.53. The van der Waals surface area contributed by atoms with Crippen molar-refractivity contribution in [3.05, 3.63) is 90.5 Å². The molecule has 0 aliphatic rings. The molecule has 0 bridgehead atoms. The molecule has 288 valence electrons. The van der Waals surface area contributed by atoms with E-state index < -0.39 is 68.3 Å². The maximum absolute atomic E-state index is 12.5. The van der Waals surface area contributed by atoms with E-state index in [2.05, 4.69) is 34.9 Å². The Kier molecular flexibility index (Phi) is 11.5. The fourth-order valence-corrected chi connectivity index (χ4v) is 7.43. The van der Waals surface area contributed by atoms with Crippen LogP contribution in [0.2, 0.25) is 0 Å². The Morgan fingerprint density at radius 1 is 0.582 bits per heavy atom. The number of anilines is 2. The third kappa shape index (κ3) is 10.1. The van der Waals surface area contributed by atoms with Crippen LogP contribution in [0.25, 0.3) is 10.8 Å². The number of fused-ring (bicyclic) bond motifs is 1. The summed E-state index contributed by atoms with van der Waals surface area (Å²) in [5.74, 6) is -0.758. The van der Waals surface area contributed by atoms with Crippen molar-refractivity contribution in [2.45, 2.75) is 21.6 Å². The van der Waals surface area contributed by atoms with Crippen LogP contribution in [0.3, 0.4) is 0 Å². The molecule has 7 N–H and O–H groups in total. The van der Waals surface area contributed by atoms with Crippen LogP contribution in [0, 0.1) is 6.92 Å². The summed E-state index contributed by atoms with van der Waals surface area (Å²) in [5.41, 5.74) is 12.4. The zero-order chi connectivity index (χ0) is 40.3. The van der Waals surface area contributed by atoms with Crippen molar-refractivity contribution >= 4 is 96.7 Å². The molecule has 0 unspecified atom stereocenters. The van der Waals surface area contributed by atoms with Crippen LogP contribution in [-0.2, 0) is 44.7 Å². The number of hydrogen-bond donors (Lipinski definition) is 5. The summed E-state index contributed by atoms with van der Waals surface area (Å²) in [4.78, 5) is -1.50. The quantitative estimate of drug-likeness (QED) is 0.0471. The molecular formula is C31H28N8O12S4. The van der Waals surface area contributed by atoms with E-state index in [-0.39, 0.29) is 49.8 Å². The van der Waals surface area contributed by atoms with Crippen LogP contribution in [0.1, 0.15) is 5.56 Å². The van der Waals surface area contributed by atoms with Gasteiger partial charge >= 0.3 is 10.4 Å². The molecule has 0 radical (unpaired) electrons. The van der Waals surface area contributed by atoms with E-state index >= 15 is 0 Å². The first-order valence-corrected chi connectivity index (χ1v) is 21.0. The first-order valence-electron chi connectivity index (χ1n) is 15.1. The van der Waals surface area contributed by atoms with Crippen LogP contribution >= 0.6 is 0 Å². The summed E-state index contributed by atoms with van der Waals surface area (Å²) in [6.07, 6.45) is 0. The molecule has 0 spiro atoms. The van der Waals surface area contributed by atoms with Crippen molar-refractivity contribution in [2.75, 3.05) is 23.8 Å². The van der Waals surface area contributed by atoms with Gasteiger partial charge < -0.3 is 11.5 Å². The highest BCUT2D eigenvalue weighted by molar-refractivity contribution is 7.91. The van der Waals surface area contributed by atoms with Crippen LogP contribution in [0.5, 0.6) is 0 Å². The minimum atomic E-state index is -4.93. The molecule has 55 heavy (non-hydrogen) atoms. The molecule has 0 aliphatic heterocycles. The number of nitrogens with zero attached hydrogens (tertiary/aromatic N) is 6. The van der Waals surface area contributed by atoms with Gasteiger partial charge in [-0.05, 0) is 79.2 Å². The topological polar surface area (TPSA) is 333 Å². The summed E-state index contributed by atoms with van der Waals surface area (Å²) in [5, 5.41) is 24.8. The molecule has 5 rings (SSSR count). The number of nitrogen functional groups attached to an aromatic ring is 2. The number of azo groups is 3. The Morgan fingerprint density at radius 2 is 1.18 bits per heavy atom. The van der Waals surface area contributed by atoms with Gasteiger partial charge in [-0.2, -0.15) is 35.5 Å². The molecule has 0 fully saturated rings. The zero-order valence-corrected chi connectivity index (χ0v) is 31.2. The lowest BCUT2D eigenvalue weighted by Crippen LogP contribution is -2.15. The maximum atomic E-state index is 12.5. The van der Waals surface area contributed by atoms with Crippen molar-refractivity contribution in [3.63, 3.8) is 0 Å². The Morgan fingerprint density at radius 3 is 1.80 bits per heavy atom. The maximum Gasteiger partial charge on any atom is 0.397 e. The Labute approximate surface area is 313 Å². The minimum absolute atomic E-state index is 0.0537. The van der Waals surface area contributed by atoms with Crippen molar-refractivity contribution in [1.82, 2.24) is 0 Å². The van der Waals surface area contributed by atoms with Gasteiger partial charge in [-0.3, -0.25) is 13.7 Å². The first kappa shape index (κ1) is 40.6. The highest BCUT2D eigenvalue weighted by Crippen LogP contribution is 2.44. The predicted molar refractivity (Wildman–Crippen MR) is 199 cm³/mol. The van der Waals surface area contributed by atoms with Crippen molar-refractivity contribution < 1.29 is 51.5 Å². The summed E-state index contributed by atoms with van der Waals surface area (Å²) in [6.45, 7) is 0.996. The van der Waals surface area contributed by atoms with Crippen molar-refractivity contribution in [1.29, 1.82) is 0 Å². The second kappa shape index (κ2) is 15.6. The van der Waals surface area contributed by atoms with E-state index in [0.29, 0.717) is 5.69 Å². The van der Waals surface area contributed by atoms with Gasteiger partial charge in [-0.1, -0.05) is 18.2 Å². The normalized spacial score (nSPS) is 13.1. The first-order chi connectivity index (χ1) is 25.6. The molecule has 20 nitrogen and oxygen atoms in total. The van der Waals surface area contributed by atoms with Crippen LogP contribution in [0.4, 0.5) is 45.5 Å². The van der Waals surface area contributed by atoms with Gasteiger partial charge in [0.15, 0.2) is 9.84 Å². The van der Waals surface area contributed by atoms with Crippen LogP contribution in [0.15, 0.2) is 130 Å². The average Bonchev–Trinajstić information content (AvgIpc) is 3.09. The molecule has 24 heteroatoms. The molecule has 0 heterocycles. The fraction of sp³-hybridized carbons (Fsp3) is 0.0968. The second-order valence-electron chi connectivity index (χ2n) is 11.3. The lowest BCUT2D eigenvalue weighted by molar-refractivity contribution is 0.284. The second-order valence-corrected chi connectivity index (χ2v) is 17.3. The SMILES string of the molecule is Cc1cccc(N=Nc2c(N)c(N=Nc3ccc(N=Nc4ccc(S(=O)(=O)CCOS(=O)(=O)O)cc4)c4cc(S(=O)(=O)O)ccc34)cc(S(=O)(=O)O)c2N)c1. The van der Waals surface area contributed by atoms with E-state index in [9.17, 15) is 42.8 Å². The third-order valence-electron chi connectivity index (χ3n) is 7.42. The molecule has 0 aliphatic carbocycles. The predicted octanol–water partition coefficient (Wildman–Crippen LogP) is 6.65. The Hall–Kier alpha value is -5.60. The number of benzene rings is 5. The van der Waals surface area contributed by atoms with E-state index in [1.807, 2.05) is 13.0 Å². The van der Waals surface area contributed by atoms with E-state index in [4.69, 9.17) is 16.0 Å². The van der Waals surface area contributed by atoms with E-state index in [1.54, 1.807) is 18.2 Å². The number of nitrogens with two attached hydrogens (primary N) is 2. The van der Waals surface area contributed by atoms with Gasteiger partial charge in [-0.25, -0.2) is 12.6 Å². The number of rotatable bonds is 13. The largest absolute Gasteiger partial charge is 0.397 e. The molecule has 5 aromatic carbocycles. The number of sulfone groups is 1. The zero-order valence-electron chi connectivity index (χ0n) is 28.0. The lowest BCUT2D eigenvalue weighted by Gasteiger charge is -2.11. The monoisotopic (exact) mass is 832 g/mol. The summed E-state index contributed by atoms with van der Waals surface area (Å²) in [7, 11) is -18.5. The molecule has 0 atom stereocenters. The van der Waals surface area contributed by atoms with Gasteiger partial charge in [0.1, 0.15) is 16.3 Å². The van der Waals surface area contributed by atoms with E-state index in [1.165, 1.54) is 42.5 Å². The third-order valence-corrected chi connectivity index (χ3v) is 11.3. The summed E-state index contributed by atoms with van der Waals surface area (Å²) in [6, 6.07) is 18.8. The highest BCUT2D eigenvalue weighted by atomic mass is 32.3. The van der Waals surface area contributed by atoms with Crippen LogP contribution < -0.4 is 11.5 Å². The van der Waals surface area contributed by atoms with Crippen molar-refractivity contribution in [2.24, 2.45) is 30.7 Å². The minimum Gasteiger partial charge on any atom is -0.396 e. The number of aryl methyl sites for hydroxylation is 1. The molecule has 0 amide bonds. The van der Waals surface area contributed by atoms with Crippen molar-refractivity contribution in [3.8, 4) is 0 Å². The summed E-state index contributed by atoms with van der Waals surface area (Å²) < 4.78 is 127. The van der Waals surface area contributed by atoms with Crippen LogP contribution in [-0.4, -0.2) is 59.7 Å². The van der Waals surface area contributed by atoms with Gasteiger partial charge in [0.2, 0.25) is 0 Å². The van der Waals surface area contributed by atoms with Gasteiger partial charge in [-0.15, -0.1) is 20.5 Å². The Bertz CT molecular complexity index is 2870. The highest BCUT2D eigenvalue weighted by Gasteiger charge is 2.23. The standard InChI is InChI=1S/C31H28N8O12S4/c1-18-3-2-4-20(15-18)35-39-31-29(32)27(17-28(30(31)33)54(45,46)47)38-37-25-11-12-26(24-16-22(53(42,43)44)9-10-23(24)25)36-34-19-5-7-21(8-6-19)52(40,41)14-13-51-55(48,49)50/h2-12,15-17H,13-14,32-33H2,1H3,(H,42,43,44)(H,45,46,47)(H,48,49,50).